The Morgan fingerprint density at radius 3 is 2.66 bits per heavy atom. The van der Waals surface area contributed by atoms with Gasteiger partial charge in [-0.1, -0.05) is 18.2 Å². The first-order chi connectivity index (χ1) is 15.3. The molecule has 1 saturated heterocycles. The lowest BCUT2D eigenvalue weighted by Crippen LogP contribution is -2.16. The second kappa shape index (κ2) is 9.09. The molecule has 168 valence electrons. The zero-order valence-electron chi connectivity index (χ0n) is 16.6. The van der Waals surface area contributed by atoms with Crippen molar-refractivity contribution < 1.29 is 36.9 Å². The molecule has 2 aliphatic rings. The molecule has 1 aliphatic heterocycles. The highest BCUT2D eigenvalue weighted by Crippen LogP contribution is 2.38. The third kappa shape index (κ3) is 5.14. The number of aromatic nitrogens is 2. The van der Waals surface area contributed by atoms with E-state index in [0.717, 1.165) is 5.56 Å². The molecule has 0 aromatic carbocycles. The van der Waals surface area contributed by atoms with Gasteiger partial charge in [-0.05, 0) is 48.8 Å². The van der Waals surface area contributed by atoms with E-state index < -0.39 is 19.0 Å². The lowest BCUT2D eigenvalue weighted by molar-refractivity contribution is -0.339. The Morgan fingerprint density at radius 1 is 1.12 bits per heavy atom. The molecule has 2 aromatic rings. The van der Waals surface area contributed by atoms with Crippen molar-refractivity contribution in [3.8, 4) is 5.75 Å². The standard InChI is InChI=1S/C22H18F4N2O4/c23-21(24)30-18-9-8-15(6-4-13-5-7-16(12-29)27-11-13)28-20(18)14-2-1-3-17-19(10-14)32-22(25,26)31-17/h1-3,5,7-11,17,21,29H,4,6,12H2. The zero-order chi connectivity index (χ0) is 22.7. The average molecular weight is 450 g/mol. The fraction of sp³-hybridized carbons (Fsp3) is 0.273. The number of aliphatic hydroxyl groups excluding tert-OH is 1. The monoisotopic (exact) mass is 450 g/mol. The molecule has 3 heterocycles. The van der Waals surface area contributed by atoms with E-state index in [1.165, 1.54) is 30.4 Å². The first kappa shape index (κ1) is 22.0. The molecule has 2 aromatic heterocycles. The minimum atomic E-state index is -3.78. The lowest BCUT2D eigenvalue weighted by Gasteiger charge is -2.13. The van der Waals surface area contributed by atoms with Gasteiger partial charge in [-0.25, -0.2) is 4.98 Å². The number of aryl methyl sites for hydroxylation is 2. The highest BCUT2D eigenvalue weighted by molar-refractivity contribution is 5.78. The molecule has 10 heteroatoms. The summed E-state index contributed by atoms with van der Waals surface area (Å²) in [4.78, 5) is 8.56. The van der Waals surface area contributed by atoms with Crippen molar-refractivity contribution >= 4 is 5.57 Å². The van der Waals surface area contributed by atoms with E-state index >= 15 is 0 Å². The fourth-order valence-electron chi connectivity index (χ4n) is 3.27. The van der Waals surface area contributed by atoms with Crippen molar-refractivity contribution in [1.82, 2.24) is 9.97 Å². The Bertz CT molecular complexity index is 1070. The summed E-state index contributed by atoms with van der Waals surface area (Å²) in [5.41, 5.74) is 2.34. The molecular formula is C22H18F4N2O4. The maximum absolute atomic E-state index is 13.4. The lowest BCUT2D eigenvalue weighted by atomic mass is 10.1. The van der Waals surface area contributed by atoms with Gasteiger partial charge in [0.25, 0.3) is 0 Å². The SMILES string of the molecule is OCc1ccc(CCc2ccc(OC(F)F)c(C3=CC=CC4OC(F)(F)OC4=C3)n2)cn1. The van der Waals surface area contributed by atoms with Crippen molar-refractivity contribution in [3.05, 3.63) is 83.2 Å². The van der Waals surface area contributed by atoms with Crippen LogP contribution in [0.25, 0.3) is 5.57 Å². The van der Waals surface area contributed by atoms with E-state index in [0.29, 0.717) is 24.2 Å². The largest absolute Gasteiger partial charge is 0.536 e. The number of alkyl halides is 4. The van der Waals surface area contributed by atoms with Crippen LogP contribution in [0.3, 0.4) is 0 Å². The van der Waals surface area contributed by atoms with Crippen LogP contribution in [0.4, 0.5) is 17.6 Å². The summed E-state index contributed by atoms with van der Waals surface area (Å²) in [5, 5.41) is 9.07. The van der Waals surface area contributed by atoms with Crippen molar-refractivity contribution in [2.75, 3.05) is 0 Å². The maximum atomic E-state index is 13.4. The summed E-state index contributed by atoms with van der Waals surface area (Å²) < 4.78 is 66.4. The molecule has 1 unspecified atom stereocenters. The van der Waals surface area contributed by atoms with Crippen LogP contribution in [-0.2, 0) is 28.9 Å². The number of allylic oxidation sites excluding steroid dienone is 4. The smallest absolute Gasteiger partial charge is 0.432 e. The van der Waals surface area contributed by atoms with Gasteiger partial charge in [0.15, 0.2) is 5.75 Å². The van der Waals surface area contributed by atoms with Crippen molar-refractivity contribution in [1.29, 1.82) is 0 Å². The first-order valence-corrected chi connectivity index (χ1v) is 9.67. The molecule has 32 heavy (non-hydrogen) atoms. The number of hydrogen-bond donors (Lipinski definition) is 1. The van der Waals surface area contributed by atoms with Crippen molar-refractivity contribution in [2.45, 2.75) is 38.5 Å². The first-order valence-electron chi connectivity index (χ1n) is 9.67. The number of hydrogen-bond acceptors (Lipinski definition) is 6. The number of ether oxygens (including phenoxy) is 3. The topological polar surface area (TPSA) is 73.7 Å². The van der Waals surface area contributed by atoms with E-state index in [4.69, 9.17) is 5.11 Å². The molecule has 0 saturated carbocycles. The minimum absolute atomic E-state index is 0.0631. The minimum Gasteiger partial charge on any atom is -0.432 e. The van der Waals surface area contributed by atoms with Gasteiger partial charge < -0.3 is 14.6 Å². The fourth-order valence-corrected chi connectivity index (χ4v) is 3.27. The second-order valence-electron chi connectivity index (χ2n) is 7.00. The molecule has 4 rings (SSSR count). The Labute approximate surface area is 180 Å². The van der Waals surface area contributed by atoms with Crippen molar-refractivity contribution in [2.24, 2.45) is 0 Å². The summed E-state index contributed by atoms with van der Waals surface area (Å²) in [6.45, 7) is -3.24. The Kier molecular flexibility index (Phi) is 6.24. The van der Waals surface area contributed by atoms with Crippen LogP contribution in [0.1, 0.15) is 22.6 Å². The quantitative estimate of drug-likeness (QED) is 0.639. The van der Waals surface area contributed by atoms with Gasteiger partial charge in [-0.3, -0.25) is 9.72 Å². The normalized spacial score (nSPS) is 19.1. The third-order valence-electron chi connectivity index (χ3n) is 4.76. The van der Waals surface area contributed by atoms with Crippen molar-refractivity contribution in [3.63, 3.8) is 0 Å². The molecular weight excluding hydrogens is 432 g/mol. The number of rotatable bonds is 7. The molecule has 6 nitrogen and oxygen atoms in total. The van der Waals surface area contributed by atoms with E-state index in [2.05, 4.69) is 24.2 Å². The van der Waals surface area contributed by atoms with Crippen LogP contribution in [0, 0.1) is 0 Å². The van der Waals surface area contributed by atoms with Gasteiger partial charge in [0, 0.05) is 17.5 Å². The van der Waals surface area contributed by atoms with E-state index in [1.807, 2.05) is 6.07 Å². The summed E-state index contributed by atoms with van der Waals surface area (Å²) in [6.07, 6.45) is 3.40. The Morgan fingerprint density at radius 2 is 1.94 bits per heavy atom. The average Bonchev–Trinajstić information content (AvgIpc) is 2.92. The molecule has 0 spiro atoms. The van der Waals surface area contributed by atoms with Crippen LogP contribution >= 0.6 is 0 Å². The van der Waals surface area contributed by atoms with Crippen LogP contribution < -0.4 is 4.74 Å². The predicted octanol–water partition coefficient (Wildman–Crippen LogP) is 4.16. The number of fused-ring (bicyclic) bond motifs is 1. The Balaban J connectivity index is 1.61. The highest BCUT2D eigenvalue weighted by Gasteiger charge is 2.46. The number of pyridine rings is 2. The molecule has 1 aliphatic carbocycles. The molecule has 1 fully saturated rings. The molecule has 0 radical (unpaired) electrons. The van der Waals surface area contributed by atoms with E-state index in [-0.39, 0.29) is 29.4 Å². The third-order valence-corrected chi connectivity index (χ3v) is 4.76. The van der Waals surface area contributed by atoms with Gasteiger partial charge in [0.2, 0.25) is 0 Å². The van der Waals surface area contributed by atoms with Gasteiger partial charge >= 0.3 is 12.9 Å². The van der Waals surface area contributed by atoms with Crippen LogP contribution in [-0.4, -0.2) is 34.1 Å². The zero-order valence-corrected chi connectivity index (χ0v) is 16.6. The van der Waals surface area contributed by atoms with Crippen LogP contribution in [0.15, 0.2) is 60.5 Å². The second-order valence-corrected chi connectivity index (χ2v) is 7.00. The van der Waals surface area contributed by atoms with Crippen LogP contribution in [0.5, 0.6) is 5.75 Å². The summed E-state index contributed by atoms with van der Waals surface area (Å²) in [6, 6.07) is 6.46. The van der Waals surface area contributed by atoms with E-state index in [1.54, 1.807) is 18.3 Å². The summed E-state index contributed by atoms with van der Waals surface area (Å²) >= 11 is 0. The van der Waals surface area contributed by atoms with E-state index in [9.17, 15) is 17.6 Å². The molecule has 0 bridgehead atoms. The van der Waals surface area contributed by atoms with Crippen LogP contribution in [0.2, 0.25) is 0 Å². The highest BCUT2D eigenvalue weighted by atomic mass is 19.3. The molecule has 1 N–H and O–H groups in total. The summed E-state index contributed by atoms with van der Waals surface area (Å²) in [7, 11) is 0. The van der Waals surface area contributed by atoms with Gasteiger partial charge in [-0.15, -0.1) is 8.78 Å². The number of aliphatic hydroxyl groups is 1. The summed E-state index contributed by atoms with van der Waals surface area (Å²) in [5.74, 6) is -0.362. The Hall–Kier alpha value is -3.24. The molecule has 0 amide bonds. The van der Waals surface area contributed by atoms with Gasteiger partial charge in [0.05, 0.1) is 12.3 Å². The maximum Gasteiger partial charge on any atom is 0.536 e. The van der Waals surface area contributed by atoms with Gasteiger partial charge in [-0.2, -0.15) is 8.78 Å². The number of nitrogens with zero attached hydrogens (tertiary/aromatic N) is 2. The molecule has 1 atom stereocenters. The predicted molar refractivity (Wildman–Crippen MR) is 105 cm³/mol. The number of halogens is 4. The van der Waals surface area contributed by atoms with Gasteiger partial charge in [0.1, 0.15) is 17.6 Å².